The van der Waals surface area contributed by atoms with Crippen LogP contribution < -0.4 is 4.74 Å². The van der Waals surface area contributed by atoms with E-state index >= 15 is 0 Å². The molecule has 4 nitrogen and oxygen atoms in total. The summed E-state index contributed by atoms with van der Waals surface area (Å²) >= 11 is 0. The zero-order chi connectivity index (χ0) is 19.4. The van der Waals surface area contributed by atoms with Crippen molar-refractivity contribution in [2.45, 2.75) is 18.5 Å². The second-order valence-corrected chi connectivity index (χ2v) is 7.38. The fourth-order valence-electron chi connectivity index (χ4n) is 2.62. The summed E-state index contributed by atoms with van der Waals surface area (Å²) in [5, 5.41) is 0. The van der Waals surface area contributed by atoms with Crippen LogP contribution in [0.15, 0.2) is 48.5 Å². The van der Waals surface area contributed by atoms with E-state index < -0.39 is 35.2 Å². The minimum absolute atomic E-state index is 0.0585. The van der Waals surface area contributed by atoms with Gasteiger partial charge < -0.3 is 4.74 Å². The Bertz CT molecular complexity index is 833. The topological polar surface area (TPSA) is 52.6 Å². The molecule has 2 aromatic rings. The summed E-state index contributed by atoms with van der Waals surface area (Å²) in [6.45, 7) is -0.563. The molecule has 0 aliphatic heterocycles. The fraction of sp³-hybridized carbons (Fsp3) is 0.333. The maximum atomic E-state index is 13.5. The molecular weight excluding hydrogens is 369 g/mol. The highest BCUT2D eigenvalue weighted by Crippen LogP contribution is 2.42. The van der Waals surface area contributed by atoms with Gasteiger partial charge in [0.1, 0.15) is 5.75 Å². The zero-order valence-corrected chi connectivity index (χ0v) is 15.1. The van der Waals surface area contributed by atoms with Gasteiger partial charge in [0.25, 0.3) is 10.1 Å². The van der Waals surface area contributed by atoms with E-state index in [1.165, 1.54) is 13.2 Å². The Morgan fingerprint density at radius 3 is 2.23 bits per heavy atom. The van der Waals surface area contributed by atoms with Gasteiger partial charge in [0.15, 0.2) is 0 Å². The molecule has 0 bridgehead atoms. The Balaban J connectivity index is 2.35. The number of hydrogen-bond donors (Lipinski definition) is 0. The largest absolute Gasteiger partial charge is 0.496 e. The number of hydrogen-bond acceptors (Lipinski definition) is 4. The highest BCUT2D eigenvalue weighted by atomic mass is 32.2. The molecule has 2 aromatic carbocycles. The second-order valence-electron chi connectivity index (χ2n) is 5.73. The summed E-state index contributed by atoms with van der Waals surface area (Å²) in [7, 11) is -2.50. The van der Waals surface area contributed by atoms with E-state index in [4.69, 9.17) is 4.74 Å². The number of methoxy groups -OCH3 is 1. The van der Waals surface area contributed by atoms with E-state index in [2.05, 4.69) is 4.18 Å². The molecule has 0 amide bonds. The Hall–Kier alpha value is -2.06. The molecule has 0 fully saturated rings. The maximum Gasteiger partial charge on any atom is 0.395 e. The van der Waals surface area contributed by atoms with Crippen molar-refractivity contribution in [3.05, 3.63) is 54.1 Å². The van der Waals surface area contributed by atoms with Crippen molar-refractivity contribution in [2.24, 2.45) is 0 Å². The van der Waals surface area contributed by atoms with Crippen LogP contribution in [-0.4, -0.2) is 34.6 Å². The summed E-state index contributed by atoms with van der Waals surface area (Å²) in [5.41, 5.74) is 1.51. The molecular formula is C18H19F3O4S. The van der Waals surface area contributed by atoms with Crippen LogP contribution in [0.1, 0.15) is 17.9 Å². The van der Waals surface area contributed by atoms with Gasteiger partial charge in [-0.1, -0.05) is 42.5 Å². The number of benzene rings is 2. The maximum absolute atomic E-state index is 13.5. The third-order valence-electron chi connectivity index (χ3n) is 3.82. The lowest BCUT2D eigenvalue weighted by Crippen LogP contribution is -2.23. The quantitative estimate of drug-likeness (QED) is 0.661. The third kappa shape index (κ3) is 5.47. The smallest absolute Gasteiger partial charge is 0.395 e. The molecule has 26 heavy (non-hydrogen) atoms. The number of halogens is 3. The molecule has 2 rings (SSSR count). The lowest BCUT2D eigenvalue weighted by molar-refractivity contribution is -0.153. The molecule has 0 saturated carbocycles. The molecule has 0 N–H and O–H groups in total. The summed E-state index contributed by atoms with van der Waals surface area (Å²) in [4.78, 5) is 0. The van der Waals surface area contributed by atoms with Gasteiger partial charge in [0.05, 0.1) is 25.9 Å². The van der Waals surface area contributed by atoms with Gasteiger partial charge in [-0.15, -0.1) is 0 Å². The van der Waals surface area contributed by atoms with Crippen molar-refractivity contribution in [2.75, 3.05) is 20.0 Å². The van der Waals surface area contributed by atoms with Gasteiger partial charge in [-0.2, -0.15) is 21.6 Å². The first-order valence-corrected chi connectivity index (χ1v) is 9.58. The average Bonchev–Trinajstić information content (AvgIpc) is 2.57. The van der Waals surface area contributed by atoms with Gasteiger partial charge in [0.2, 0.25) is 0 Å². The number of rotatable bonds is 7. The van der Waals surface area contributed by atoms with Crippen LogP contribution in [-0.2, 0) is 14.3 Å². The van der Waals surface area contributed by atoms with Gasteiger partial charge in [-0.05, 0) is 23.6 Å². The summed E-state index contributed by atoms with van der Waals surface area (Å²) in [6, 6.07) is 13.7. The highest BCUT2D eigenvalue weighted by molar-refractivity contribution is 7.85. The van der Waals surface area contributed by atoms with Crippen LogP contribution in [0.2, 0.25) is 0 Å². The molecule has 0 aliphatic rings. The van der Waals surface area contributed by atoms with Crippen molar-refractivity contribution < 1.29 is 30.5 Å². The normalized spacial score (nSPS) is 13.4. The molecule has 1 unspecified atom stereocenters. The van der Waals surface area contributed by atoms with Crippen LogP contribution in [0.25, 0.3) is 11.1 Å². The van der Waals surface area contributed by atoms with E-state index in [9.17, 15) is 21.6 Å². The van der Waals surface area contributed by atoms with Gasteiger partial charge >= 0.3 is 6.18 Å². The first kappa shape index (κ1) is 20.3. The van der Waals surface area contributed by atoms with Gasteiger partial charge in [-0.25, -0.2) is 0 Å². The van der Waals surface area contributed by atoms with E-state index in [-0.39, 0.29) is 11.3 Å². The summed E-state index contributed by atoms with van der Waals surface area (Å²) in [6.07, 6.45) is -4.30. The Morgan fingerprint density at radius 1 is 1.04 bits per heavy atom. The van der Waals surface area contributed by atoms with Crippen molar-refractivity contribution in [3.63, 3.8) is 0 Å². The zero-order valence-electron chi connectivity index (χ0n) is 14.3. The first-order chi connectivity index (χ1) is 12.1. The lowest BCUT2D eigenvalue weighted by Gasteiger charge is -2.23. The monoisotopic (exact) mass is 388 g/mol. The molecule has 0 aromatic heterocycles. The van der Waals surface area contributed by atoms with Crippen LogP contribution in [0, 0.1) is 0 Å². The van der Waals surface area contributed by atoms with Gasteiger partial charge in [0, 0.05) is 5.56 Å². The number of alkyl halides is 3. The Morgan fingerprint density at radius 2 is 1.69 bits per heavy atom. The van der Waals surface area contributed by atoms with Crippen molar-refractivity contribution in [1.29, 1.82) is 0 Å². The number of ether oxygens (including phenoxy) is 1. The second kappa shape index (κ2) is 8.09. The molecule has 0 aliphatic carbocycles. The Labute approximate surface area is 150 Å². The first-order valence-electron chi connectivity index (χ1n) is 7.76. The Kier molecular flexibility index (Phi) is 6.30. The molecule has 142 valence electrons. The fourth-order valence-corrected chi connectivity index (χ4v) is 3.02. The SMILES string of the molecule is COc1cc(-c2ccccc2)ccc1C(CCOS(C)(=O)=O)C(F)(F)F. The molecule has 8 heteroatoms. The van der Waals surface area contributed by atoms with Crippen LogP contribution in [0.5, 0.6) is 5.75 Å². The van der Waals surface area contributed by atoms with E-state index in [0.29, 0.717) is 0 Å². The summed E-state index contributed by atoms with van der Waals surface area (Å²) < 4.78 is 72.2. The standard InChI is InChI=1S/C18H19F3O4S/c1-24-17-12-14(13-6-4-3-5-7-13)8-9-15(17)16(18(19,20)21)10-11-25-26(2,22)23/h3-9,12,16H,10-11H2,1-2H3. The van der Waals surface area contributed by atoms with E-state index in [1.807, 2.05) is 30.3 Å². The minimum Gasteiger partial charge on any atom is -0.496 e. The third-order valence-corrected chi connectivity index (χ3v) is 4.41. The predicted molar refractivity (Wildman–Crippen MR) is 92.6 cm³/mol. The molecule has 0 heterocycles. The van der Waals surface area contributed by atoms with Crippen LogP contribution in [0.4, 0.5) is 13.2 Å². The minimum atomic E-state index is -4.57. The lowest BCUT2D eigenvalue weighted by atomic mass is 9.92. The van der Waals surface area contributed by atoms with Crippen molar-refractivity contribution in [3.8, 4) is 16.9 Å². The highest BCUT2D eigenvalue weighted by Gasteiger charge is 2.42. The predicted octanol–water partition coefficient (Wildman–Crippen LogP) is 4.37. The summed E-state index contributed by atoms with van der Waals surface area (Å²) in [5.74, 6) is -1.81. The van der Waals surface area contributed by atoms with Crippen molar-refractivity contribution >= 4 is 10.1 Å². The molecule has 0 spiro atoms. The van der Waals surface area contributed by atoms with Crippen molar-refractivity contribution in [1.82, 2.24) is 0 Å². The molecule has 0 saturated heterocycles. The van der Waals surface area contributed by atoms with Gasteiger partial charge in [-0.3, -0.25) is 4.18 Å². The van der Waals surface area contributed by atoms with Crippen LogP contribution >= 0.6 is 0 Å². The molecule has 1 atom stereocenters. The van der Waals surface area contributed by atoms with Crippen LogP contribution in [0.3, 0.4) is 0 Å². The average molecular weight is 388 g/mol. The van der Waals surface area contributed by atoms with E-state index in [1.54, 1.807) is 12.1 Å². The van der Waals surface area contributed by atoms with E-state index in [0.717, 1.165) is 17.4 Å². The molecule has 0 radical (unpaired) electrons.